The number of amides is 3. The molecule has 1 heterocycles. The van der Waals surface area contributed by atoms with Crippen LogP contribution in [0.5, 0.6) is 0 Å². The number of nitrogens with zero attached hydrogens (tertiary/aromatic N) is 3. The van der Waals surface area contributed by atoms with Gasteiger partial charge in [0.15, 0.2) is 0 Å². The number of nitrogens with one attached hydrogen (secondary N) is 1. The van der Waals surface area contributed by atoms with Crippen molar-refractivity contribution < 1.29 is 14.0 Å². The lowest BCUT2D eigenvalue weighted by Gasteiger charge is -2.25. The fourth-order valence-corrected chi connectivity index (χ4v) is 3.54. The maximum atomic E-state index is 14.5. The molecule has 0 saturated heterocycles. The highest BCUT2D eigenvalue weighted by Gasteiger charge is 2.35. The molecule has 1 aliphatic rings. The molecule has 0 fully saturated rings. The summed E-state index contributed by atoms with van der Waals surface area (Å²) in [5, 5.41) is 8.98. The number of hydrazone groups is 1. The maximum Gasteiger partial charge on any atom is 0.317 e. The Morgan fingerprint density at radius 3 is 2.63 bits per heavy atom. The predicted octanol–water partition coefficient (Wildman–Crippen LogP) is 4.21. The van der Waals surface area contributed by atoms with Crippen LogP contribution < -0.4 is 5.32 Å². The molecule has 30 heavy (non-hydrogen) atoms. The molecule has 2 aromatic carbocycles. The van der Waals surface area contributed by atoms with Crippen LogP contribution in [0.15, 0.2) is 53.6 Å². The summed E-state index contributed by atoms with van der Waals surface area (Å²) in [4.78, 5) is 26.4. The molecule has 0 saturated carbocycles. The van der Waals surface area contributed by atoms with E-state index in [2.05, 4.69) is 10.4 Å². The van der Waals surface area contributed by atoms with Crippen LogP contribution in [0.3, 0.4) is 0 Å². The first-order valence-electron chi connectivity index (χ1n) is 9.80. The second-order valence-electron chi connectivity index (χ2n) is 7.09. The molecular formula is C22H24ClFN4O2. The Bertz CT molecular complexity index is 966. The van der Waals surface area contributed by atoms with E-state index in [9.17, 15) is 14.0 Å². The Labute approximate surface area is 180 Å². The molecule has 2 aromatic rings. The van der Waals surface area contributed by atoms with Crippen LogP contribution in [0.25, 0.3) is 0 Å². The van der Waals surface area contributed by atoms with E-state index in [1.165, 1.54) is 23.0 Å². The molecule has 8 heteroatoms. The van der Waals surface area contributed by atoms with Crippen molar-refractivity contribution in [3.8, 4) is 0 Å². The molecular weight excluding hydrogens is 407 g/mol. The topological polar surface area (TPSA) is 65.0 Å². The minimum absolute atomic E-state index is 0.181. The number of halogens is 2. The normalized spacial score (nSPS) is 15.7. The minimum atomic E-state index is -0.614. The van der Waals surface area contributed by atoms with Crippen molar-refractivity contribution in [2.24, 2.45) is 5.10 Å². The lowest BCUT2D eigenvalue weighted by atomic mass is 9.98. The highest BCUT2D eigenvalue weighted by Crippen LogP contribution is 2.35. The van der Waals surface area contributed by atoms with E-state index in [4.69, 9.17) is 11.6 Å². The molecule has 0 aliphatic carbocycles. The Balaban J connectivity index is 1.88. The molecule has 0 radical (unpaired) electrons. The van der Waals surface area contributed by atoms with Crippen molar-refractivity contribution >= 4 is 29.3 Å². The fraction of sp³-hybridized carbons (Fsp3) is 0.318. The van der Waals surface area contributed by atoms with E-state index in [0.717, 1.165) is 6.42 Å². The van der Waals surface area contributed by atoms with Gasteiger partial charge in [0.05, 0.1) is 11.8 Å². The Kier molecular flexibility index (Phi) is 7.05. The molecule has 3 rings (SSSR count). The summed E-state index contributed by atoms with van der Waals surface area (Å²) in [5.41, 5.74) is 1.67. The first kappa shape index (κ1) is 21.8. The molecule has 0 spiro atoms. The number of rotatable bonds is 6. The van der Waals surface area contributed by atoms with E-state index >= 15 is 0 Å². The monoisotopic (exact) mass is 430 g/mol. The predicted molar refractivity (Wildman–Crippen MR) is 115 cm³/mol. The van der Waals surface area contributed by atoms with Crippen LogP contribution >= 0.6 is 11.6 Å². The Morgan fingerprint density at radius 2 is 1.93 bits per heavy atom. The van der Waals surface area contributed by atoms with E-state index in [-0.39, 0.29) is 12.6 Å². The molecule has 1 atom stereocenters. The van der Waals surface area contributed by atoms with Crippen molar-refractivity contribution in [1.29, 1.82) is 0 Å². The van der Waals surface area contributed by atoms with Crippen LogP contribution in [-0.4, -0.2) is 47.7 Å². The van der Waals surface area contributed by atoms with Gasteiger partial charge >= 0.3 is 6.03 Å². The average Bonchev–Trinajstić information content (AvgIpc) is 3.17. The first-order valence-corrected chi connectivity index (χ1v) is 10.2. The Hall–Kier alpha value is -2.93. The summed E-state index contributed by atoms with van der Waals surface area (Å²) in [7, 11) is 1.54. The molecule has 1 N–H and O–H groups in total. The van der Waals surface area contributed by atoms with Crippen molar-refractivity contribution in [2.75, 3.05) is 20.1 Å². The molecule has 158 valence electrons. The van der Waals surface area contributed by atoms with Gasteiger partial charge in [-0.1, -0.05) is 54.9 Å². The lowest BCUT2D eigenvalue weighted by molar-refractivity contribution is -0.133. The quantitative estimate of drug-likeness (QED) is 0.746. The van der Waals surface area contributed by atoms with Crippen LogP contribution in [0.2, 0.25) is 5.02 Å². The van der Waals surface area contributed by atoms with Gasteiger partial charge in [0.25, 0.3) is 5.91 Å². The number of carbonyl (C=O) groups is 2. The van der Waals surface area contributed by atoms with Gasteiger partial charge in [0, 0.05) is 36.2 Å². The van der Waals surface area contributed by atoms with Crippen molar-refractivity contribution in [2.45, 2.75) is 25.8 Å². The molecule has 6 nitrogen and oxygen atoms in total. The number of likely N-dealkylation sites (N-methyl/N-ethyl adjacent to an activating group) is 1. The van der Waals surface area contributed by atoms with Gasteiger partial charge in [-0.05, 0) is 18.6 Å². The van der Waals surface area contributed by atoms with Gasteiger partial charge in [-0.2, -0.15) is 5.10 Å². The third-order valence-electron chi connectivity index (χ3n) is 4.86. The van der Waals surface area contributed by atoms with Crippen molar-refractivity contribution in [1.82, 2.24) is 15.2 Å². The van der Waals surface area contributed by atoms with Gasteiger partial charge in [0.2, 0.25) is 0 Å². The number of hydrogen-bond donors (Lipinski definition) is 1. The largest absolute Gasteiger partial charge is 0.338 e. The summed E-state index contributed by atoms with van der Waals surface area (Å²) in [5.74, 6) is -0.815. The SMILES string of the molecule is CCCNC(=O)N(C)CC(=O)N1N=C(c2ccccc2Cl)CC1c1ccccc1F. The molecule has 1 aliphatic heterocycles. The zero-order valence-corrected chi connectivity index (χ0v) is 17.7. The van der Waals surface area contributed by atoms with Gasteiger partial charge < -0.3 is 10.2 Å². The second kappa shape index (κ2) is 9.71. The lowest BCUT2D eigenvalue weighted by Crippen LogP contribution is -2.43. The van der Waals surface area contributed by atoms with Crippen LogP contribution in [0.4, 0.5) is 9.18 Å². The number of urea groups is 1. The van der Waals surface area contributed by atoms with Crippen LogP contribution in [0.1, 0.15) is 36.9 Å². The smallest absolute Gasteiger partial charge is 0.317 e. The Morgan fingerprint density at radius 1 is 1.23 bits per heavy atom. The highest BCUT2D eigenvalue weighted by atomic mass is 35.5. The van der Waals surface area contributed by atoms with E-state index < -0.39 is 17.8 Å². The number of carbonyl (C=O) groups excluding carboxylic acids is 2. The summed E-state index contributed by atoms with van der Waals surface area (Å²) in [6.45, 7) is 2.28. The maximum absolute atomic E-state index is 14.5. The molecule has 1 unspecified atom stereocenters. The van der Waals surface area contributed by atoms with E-state index in [1.807, 2.05) is 25.1 Å². The third kappa shape index (κ3) is 4.79. The number of hydrogen-bond acceptors (Lipinski definition) is 3. The summed E-state index contributed by atoms with van der Waals surface area (Å²) in [6.07, 6.45) is 1.11. The zero-order valence-electron chi connectivity index (χ0n) is 16.9. The molecule has 0 aromatic heterocycles. The minimum Gasteiger partial charge on any atom is -0.338 e. The van der Waals surface area contributed by atoms with E-state index in [1.54, 1.807) is 24.3 Å². The van der Waals surface area contributed by atoms with Gasteiger partial charge in [-0.3, -0.25) is 4.79 Å². The average molecular weight is 431 g/mol. The standard InChI is InChI=1S/C22H24ClFN4O2/c1-3-12-25-22(30)27(2)14-21(29)28-20(16-9-5-7-11-18(16)24)13-19(26-28)15-8-4-6-10-17(15)23/h4-11,20H,3,12-14H2,1-2H3,(H,25,30). The third-order valence-corrected chi connectivity index (χ3v) is 5.19. The molecule has 3 amide bonds. The van der Waals surface area contributed by atoms with Gasteiger partial charge in [-0.25, -0.2) is 14.2 Å². The van der Waals surface area contributed by atoms with E-state index in [0.29, 0.717) is 34.8 Å². The number of benzene rings is 2. The summed E-state index contributed by atoms with van der Waals surface area (Å²) in [6, 6.07) is 12.6. The van der Waals surface area contributed by atoms with Crippen LogP contribution in [-0.2, 0) is 4.79 Å². The summed E-state index contributed by atoms with van der Waals surface area (Å²) < 4.78 is 14.5. The second-order valence-corrected chi connectivity index (χ2v) is 7.50. The highest BCUT2D eigenvalue weighted by molar-refractivity contribution is 6.34. The van der Waals surface area contributed by atoms with Crippen molar-refractivity contribution in [3.05, 3.63) is 70.5 Å². The van der Waals surface area contributed by atoms with Gasteiger partial charge in [-0.15, -0.1) is 0 Å². The van der Waals surface area contributed by atoms with Gasteiger partial charge in [0.1, 0.15) is 12.4 Å². The fourth-order valence-electron chi connectivity index (χ4n) is 3.30. The zero-order chi connectivity index (χ0) is 21.7. The first-order chi connectivity index (χ1) is 14.4. The molecule has 0 bridgehead atoms. The van der Waals surface area contributed by atoms with Crippen LogP contribution in [0, 0.1) is 5.82 Å². The summed E-state index contributed by atoms with van der Waals surface area (Å²) >= 11 is 6.31. The van der Waals surface area contributed by atoms with Crippen molar-refractivity contribution in [3.63, 3.8) is 0 Å².